The van der Waals surface area contributed by atoms with E-state index in [2.05, 4.69) is 20.7 Å². The number of amides is 1. The van der Waals surface area contributed by atoms with Crippen LogP contribution in [0, 0.1) is 24.0 Å². The lowest BCUT2D eigenvalue weighted by molar-refractivity contribution is -0.386. The zero-order valence-corrected chi connectivity index (χ0v) is 21.4. The molecule has 1 aliphatic rings. The predicted molar refractivity (Wildman–Crippen MR) is 140 cm³/mol. The molecule has 39 heavy (non-hydrogen) atoms. The summed E-state index contributed by atoms with van der Waals surface area (Å²) in [6, 6.07) is 13.8. The first-order chi connectivity index (χ1) is 18.7. The molecule has 0 aliphatic carbocycles. The maximum absolute atomic E-state index is 13.7. The molecule has 5 aromatic rings. The normalized spacial score (nSPS) is 14.9. The molecule has 0 spiro atoms. The van der Waals surface area contributed by atoms with E-state index < -0.39 is 17.5 Å². The maximum Gasteiger partial charge on any atom is 0.312 e. The molecule has 6 rings (SSSR count). The van der Waals surface area contributed by atoms with Gasteiger partial charge < -0.3 is 15.1 Å². The second kappa shape index (κ2) is 9.27. The minimum Gasteiger partial charge on any atom is -0.460 e. The Morgan fingerprint density at radius 2 is 1.95 bits per heavy atom. The Morgan fingerprint density at radius 1 is 1.18 bits per heavy atom. The van der Waals surface area contributed by atoms with Crippen LogP contribution in [0.1, 0.15) is 50.9 Å². The van der Waals surface area contributed by atoms with E-state index in [1.54, 1.807) is 26.0 Å². The number of nitro groups is 1. The van der Waals surface area contributed by atoms with Gasteiger partial charge in [0.2, 0.25) is 0 Å². The van der Waals surface area contributed by atoms with Crippen molar-refractivity contribution in [3.63, 3.8) is 0 Å². The number of pyridine rings is 1. The summed E-state index contributed by atoms with van der Waals surface area (Å²) in [5, 5.41) is 22.3. The number of nitrogens with zero attached hydrogens (tertiary/aromatic N) is 4. The minimum absolute atomic E-state index is 0.0438. The van der Waals surface area contributed by atoms with Gasteiger partial charge in [0.15, 0.2) is 6.17 Å². The molecule has 0 unspecified atom stereocenters. The summed E-state index contributed by atoms with van der Waals surface area (Å²) < 4.78 is 34.8. The zero-order valence-electron chi connectivity index (χ0n) is 20.6. The van der Waals surface area contributed by atoms with E-state index in [-0.39, 0.29) is 23.8 Å². The highest BCUT2D eigenvalue weighted by Crippen LogP contribution is 2.45. The Labute approximate surface area is 223 Å². The fraction of sp³-hybridized carbons (Fsp3) is 0.192. The van der Waals surface area contributed by atoms with Crippen LogP contribution in [0.3, 0.4) is 0 Å². The summed E-state index contributed by atoms with van der Waals surface area (Å²) in [6.45, 7) is 3.35. The molecule has 4 aromatic heterocycles. The lowest BCUT2D eigenvalue weighted by atomic mass is 10.0. The molecule has 1 amide bonds. The number of nitrogens with one attached hydrogen (secondary N) is 2. The number of carbonyl (C=O) groups is 1. The van der Waals surface area contributed by atoms with Gasteiger partial charge in [-0.05, 0) is 43.2 Å². The number of aryl methyl sites for hydroxylation is 1. The first-order valence-corrected chi connectivity index (χ1v) is 12.7. The molecule has 2 N–H and O–H groups in total. The number of fused-ring (bicyclic) bond motifs is 3. The molecule has 0 saturated heterocycles. The average Bonchev–Trinajstić information content (AvgIpc) is 3.60. The number of alkyl halides is 2. The summed E-state index contributed by atoms with van der Waals surface area (Å²) in [7, 11) is 0. The molecule has 1 aromatic carbocycles. The number of anilines is 1. The van der Waals surface area contributed by atoms with E-state index in [9.17, 15) is 23.7 Å². The highest BCUT2D eigenvalue weighted by molar-refractivity contribution is 7.21. The second-order valence-electron chi connectivity index (χ2n) is 9.04. The summed E-state index contributed by atoms with van der Waals surface area (Å²) >= 11 is 1.04. The Balaban J connectivity index is 1.37. The van der Waals surface area contributed by atoms with E-state index >= 15 is 0 Å². The third-order valence-electron chi connectivity index (χ3n) is 6.56. The SMILES string of the molecule is Cc1nn(Cc2ccc([C@@H]3NC(=O)c4sc5nc(C(F)F)cc(-c6ccccc6)c5c4N3)o2)c(C)c1[N+](=O)[O-]. The maximum atomic E-state index is 13.7. The average molecular weight is 551 g/mol. The minimum atomic E-state index is -2.77. The van der Waals surface area contributed by atoms with Crippen molar-refractivity contribution in [2.24, 2.45) is 0 Å². The number of carbonyl (C=O) groups excluding carboxylic acids is 1. The fourth-order valence-corrected chi connectivity index (χ4v) is 5.85. The molecule has 5 heterocycles. The molecule has 0 radical (unpaired) electrons. The van der Waals surface area contributed by atoms with Gasteiger partial charge >= 0.3 is 5.69 Å². The Hall–Kier alpha value is -4.65. The molecular formula is C26H20F2N6O4S. The van der Waals surface area contributed by atoms with Gasteiger partial charge in [0, 0.05) is 5.39 Å². The Bertz CT molecular complexity index is 1760. The smallest absolute Gasteiger partial charge is 0.312 e. The van der Waals surface area contributed by atoms with Crippen molar-refractivity contribution in [1.82, 2.24) is 20.1 Å². The van der Waals surface area contributed by atoms with Crippen LogP contribution in [0.25, 0.3) is 21.3 Å². The van der Waals surface area contributed by atoms with Crippen molar-refractivity contribution in [2.45, 2.75) is 33.0 Å². The Kier molecular flexibility index (Phi) is 5.87. The van der Waals surface area contributed by atoms with Gasteiger partial charge in [-0.1, -0.05) is 30.3 Å². The predicted octanol–water partition coefficient (Wildman–Crippen LogP) is 6.12. The number of hydrogen-bond donors (Lipinski definition) is 2. The lowest BCUT2D eigenvalue weighted by Gasteiger charge is -2.25. The number of aromatic nitrogens is 3. The third kappa shape index (κ3) is 4.20. The van der Waals surface area contributed by atoms with Crippen LogP contribution < -0.4 is 10.6 Å². The number of benzene rings is 1. The van der Waals surface area contributed by atoms with Gasteiger partial charge in [-0.15, -0.1) is 11.3 Å². The fourth-order valence-electron chi connectivity index (χ4n) is 4.78. The van der Waals surface area contributed by atoms with Gasteiger partial charge in [0.1, 0.15) is 38.3 Å². The monoisotopic (exact) mass is 550 g/mol. The molecule has 0 bridgehead atoms. The summed E-state index contributed by atoms with van der Waals surface area (Å²) in [4.78, 5) is 28.8. The number of rotatable bonds is 6. The number of halogens is 2. The molecular weight excluding hydrogens is 530 g/mol. The van der Waals surface area contributed by atoms with Crippen molar-refractivity contribution in [3.8, 4) is 11.1 Å². The highest BCUT2D eigenvalue weighted by atomic mass is 32.1. The lowest BCUT2D eigenvalue weighted by Crippen LogP contribution is -2.37. The van der Waals surface area contributed by atoms with Gasteiger partial charge in [0.05, 0.1) is 17.2 Å². The molecule has 1 aliphatic heterocycles. The van der Waals surface area contributed by atoms with Crippen molar-refractivity contribution >= 4 is 38.8 Å². The molecule has 0 fully saturated rings. The van der Waals surface area contributed by atoms with E-state index in [4.69, 9.17) is 4.42 Å². The quantitative estimate of drug-likeness (QED) is 0.193. The van der Waals surface area contributed by atoms with Crippen LogP contribution in [0.2, 0.25) is 0 Å². The molecule has 10 nitrogen and oxygen atoms in total. The molecule has 0 saturated carbocycles. The van der Waals surface area contributed by atoms with Crippen LogP contribution in [0.15, 0.2) is 52.9 Å². The van der Waals surface area contributed by atoms with Gasteiger partial charge in [0.25, 0.3) is 12.3 Å². The first kappa shape index (κ1) is 24.7. The molecule has 13 heteroatoms. The van der Waals surface area contributed by atoms with Crippen molar-refractivity contribution < 1.29 is 22.9 Å². The van der Waals surface area contributed by atoms with Gasteiger partial charge in [-0.3, -0.25) is 19.6 Å². The van der Waals surface area contributed by atoms with Crippen LogP contribution in [0.5, 0.6) is 0 Å². The summed E-state index contributed by atoms with van der Waals surface area (Å²) in [5.74, 6) is 0.495. The zero-order chi connectivity index (χ0) is 27.4. The van der Waals surface area contributed by atoms with Crippen LogP contribution in [-0.4, -0.2) is 25.6 Å². The first-order valence-electron chi connectivity index (χ1n) is 11.9. The largest absolute Gasteiger partial charge is 0.460 e. The van der Waals surface area contributed by atoms with Crippen molar-refractivity contribution in [3.05, 3.63) is 92.1 Å². The molecule has 198 valence electrons. The Morgan fingerprint density at radius 3 is 2.64 bits per heavy atom. The van der Waals surface area contributed by atoms with Crippen LogP contribution in [-0.2, 0) is 6.54 Å². The van der Waals surface area contributed by atoms with Crippen molar-refractivity contribution in [1.29, 1.82) is 0 Å². The van der Waals surface area contributed by atoms with E-state index in [0.717, 1.165) is 16.9 Å². The van der Waals surface area contributed by atoms with Crippen LogP contribution in [0.4, 0.5) is 20.2 Å². The van der Waals surface area contributed by atoms with Gasteiger partial charge in [-0.25, -0.2) is 13.8 Å². The number of thiophene rings is 1. The highest BCUT2D eigenvalue weighted by Gasteiger charge is 2.33. The van der Waals surface area contributed by atoms with Crippen molar-refractivity contribution in [2.75, 3.05) is 5.32 Å². The topological polar surface area (TPSA) is 128 Å². The second-order valence-corrected chi connectivity index (χ2v) is 10.0. The van der Waals surface area contributed by atoms with E-state index in [1.165, 1.54) is 10.7 Å². The van der Waals surface area contributed by atoms with E-state index in [0.29, 0.717) is 49.3 Å². The molecule has 1 atom stereocenters. The van der Waals surface area contributed by atoms with Crippen LogP contribution >= 0.6 is 11.3 Å². The standard InChI is InChI=1S/C26H20F2N6O4S/c1-12-21(34(36)37)13(2)33(32-12)11-15-8-9-18(38-15)24-30-20-19-16(14-6-4-3-5-7-14)10-17(23(27)28)29-26(19)39-22(20)25(35)31-24/h3-10,23-24,30H,11H2,1-2H3,(H,31,35)/t24-/m0/s1. The third-order valence-corrected chi connectivity index (χ3v) is 7.64. The summed E-state index contributed by atoms with van der Waals surface area (Å²) in [5.41, 5.74) is 2.05. The van der Waals surface area contributed by atoms with E-state index in [1.807, 2.05) is 30.3 Å². The van der Waals surface area contributed by atoms with Gasteiger partial charge in [-0.2, -0.15) is 5.10 Å². The number of hydrogen-bond acceptors (Lipinski definition) is 8. The number of furan rings is 1. The summed E-state index contributed by atoms with van der Waals surface area (Å²) in [6.07, 6.45) is -3.51.